The second-order valence-electron chi connectivity index (χ2n) is 2.36. The van der Waals surface area contributed by atoms with E-state index in [-0.39, 0.29) is 0 Å². The molecule has 0 unspecified atom stereocenters. The quantitative estimate of drug-likeness (QED) is 0.550. The maximum absolute atomic E-state index is 3.22. The Bertz CT molecular complexity index is 207. The first-order valence-corrected chi connectivity index (χ1v) is 3.40. The summed E-state index contributed by atoms with van der Waals surface area (Å²) >= 11 is 0. The molecule has 2 N–H and O–H groups in total. The van der Waals surface area contributed by atoms with Crippen LogP contribution >= 0.6 is 0 Å². The molecule has 1 aliphatic rings. The average Bonchev–Trinajstić information content (AvgIpc) is 2.05. The summed E-state index contributed by atoms with van der Waals surface area (Å²) in [6.45, 7) is 1.84. The van der Waals surface area contributed by atoms with Crippen molar-refractivity contribution in [2.75, 3.05) is 12.0 Å². The van der Waals surface area contributed by atoms with Gasteiger partial charge in [-0.25, -0.2) is 0 Å². The molecule has 1 aliphatic heterocycles. The summed E-state index contributed by atoms with van der Waals surface area (Å²) in [6.07, 6.45) is 0. The fourth-order valence-electron chi connectivity index (χ4n) is 1.14. The number of anilines is 1. The molecule has 2 rings (SSSR count). The van der Waals surface area contributed by atoms with Gasteiger partial charge in [0.1, 0.15) is 0 Å². The summed E-state index contributed by atoms with van der Waals surface area (Å²) in [4.78, 5) is 0. The van der Waals surface area contributed by atoms with E-state index in [1.54, 1.807) is 0 Å². The monoisotopic (exact) mass is 133 g/mol. The van der Waals surface area contributed by atoms with E-state index < -0.39 is 0 Å². The molecule has 0 saturated carbocycles. The number of fused-ring (bicyclic) bond motifs is 1. The lowest BCUT2D eigenvalue weighted by Gasteiger charge is -2.17. The molecule has 10 heavy (non-hydrogen) atoms. The molecule has 0 fully saturated rings. The third-order valence-electron chi connectivity index (χ3n) is 1.67. The van der Waals surface area contributed by atoms with Crippen molar-refractivity contribution >= 4 is 5.69 Å². The Kier molecular flexibility index (Phi) is 1.32. The van der Waals surface area contributed by atoms with Crippen molar-refractivity contribution in [3.63, 3.8) is 0 Å². The fraction of sp³-hybridized carbons (Fsp3) is 0.250. The maximum atomic E-state index is 3.22. The third-order valence-corrected chi connectivity index (χ3v) is 1.67. The summed E-state index contributed by atoms with van der Waals surface area (Å²) in [6, 6.07) is 9.03. The molecule has 0 spiro atoms. The van der Waals surface area contributed by atoms with Crippen LogP contribution in [0.3, 0.4) is 0 Å². The van der Waals surface area contributed by atoms with Gasteiger partial charge in [0.05, 0.1) is 6.67 Å². The topological polar surface area (TPSA) is 24.1 Å². The van der Waals surface area contributed by atoms with E-state index in [2.05, 4.69) is 22.8 Å². The predicted molar refractivity (Wildman–Crippen MR) is 40.6 cm³/mol. The standard InChI is InChI=1S/C8H9N2/c1-2-4-8-7(3-1)5-9-6-10-8/h1,3-4,9-10H,5-6H2. The minimum Gasteiger partial charge on any atom is -0.372 e. The van der Waals surface area contributed by atoms with Crippen LogP contribution in [-0.2, 0) is 6.54 Å². The molecule has 0 amide bonds. The largest absolute Gasteiger partial charge is 0.372 e. The first-order valence-electron chi connectivity index (χ1n) is 3.40. The van der Waals surface area contributed by atoms with E-state index in [0.29, 0.717) is 0 Å². The van der Waals surface area contributed by atoms with Gasteiger partial charge in [-0.3, -0.25) is 5.32 Å². The fourth-order valence-corrected chi connectivity index (χ4v) is 1.14. The number of nitrogens with one attached hydrogen (secondary N) is 2. The zero-order valence-electron chi connectivity index (χ0n) is 5.65. The van der Waals surface area contributed by atoms with E-state index in [1.807, 2.05) is 12.1 Å². The molecule has 1 aromatic carbocycles. The van der Waals surface area contributed by atoms with Gasteiger partial charge in [0.15, 0.2) is 0 Å². The lowest BCUT2D eigenvalue weighted by Crippen LogP contribution is -2.27. The Morgan fingerprint density at radius 1 is 1.50 bits per heavy atom. The first-order chi connectivity index (χ1) is 4.97. The van der Waals surface area contributed by atoms with Gasteiger partial charge in [-0.1, -0.05) is 12.1 Å². The molecular weight excluding hydrogens is 124 g/mol. The predicted octanol–water partition coefficient (Wildman–Crippen LogP) is 0.959. The summed E-state index contributed by atoms with van der Waals surface area (Å²) in [5.41, 5.74) is 2.53. The van der Waals surface area contributed by atoms with E-state index in [1.165, 1.54) is 11.3 Å². The minimum atomic E-state index is 0.866. The van der Waals surface area contributed by atoms with Crippen molar-refractivity contribution in [1.82, 2.24) is 5.32 Å². The van der Waals surface area contributed by atoms with Crippen LogP contribution in [-0.4, -0.2) is 6.67 Å². The van der Waals surface area contributed by atoms with Gasteiger partial charge in [0.25, 0.3) is 0 Å². The summed E-state index contributed by atoms with van der Waals surface area (Å²) < 4.78 is 0. The normalized spacial score (nSPS) is 15.6. The van der Waals surface area contributed by atoms with Gasteiger partial charge < -0.3 is 5.32 Å². The zero-order valence-corrected chi connectivity index (χ0v) is 5.65. The Hall–Kier alpha value is -1.02. The smallest absolute Gasteiger partial charge is 0.0655 e. The number of hydrogen-bond acceptors (Lipinski definition) is 2. The molecule has 51 valence electrons. The number of rotatable bonds is 0. The Balaban J connectivity index is 2.41. The lowest BCUT2D eigenvalue weighted by atomic mass is 10.1. The Labute approximate surface area is 60.3 Å². The van der Waals surface area contributed by atoms with Crippen LogP contribution in [0.25, 0.3) is 0 Å². The summed E-state index contributed by atoms with van der Waals surface area (Å²) in [7, 11) is 0. The van der Waals surface area contributed by atoms with Crippen molar-refractivity contribution < 1.29 is 0 Å². The zero-order chi connectivity index (χ0) is 6.81. The molecular formula is C8H9N2. The van der Waals surface area contributed by atoms with Crippen LogP contribution in [0.15, 0.2) is 18.2 Å². The van der Waals surface area contributed by atoms with Crippen LogP contribution in [0.1, 0.15) is 5.56 Å². The number of hydrogen-bond donors (Lipinski definition) is 2. The third kappa shape index (κ3) is 0.866. The minimum absolute atomic E-state index is 0.866. The van der Waals surface area contributed by atoms with Crippen LogP contribution in [0.2, 0.25) is 0 Å². The van der Waals surface area contributed by atoms with Crippen LogP contribution in [0, 0.1) is 6.07 Å². The van der Waals surface area contributed by atoms with Crippen LogP contribution < -0.4 is 10.6 Å². The van der Waals surface area contributed by atoms with Crippen LogP contribution in [0.5, 0.6) is 0 Å². The highest BCUT2D eigenvalue weighted by molar-refractivity contribution is 5.51. The molecule has 1 heterocycles. The van der Waals surface area contributed by atoms with Crippen molar-refractivity contribution in [2.24, 2.45) is 0 Å². The van der Waals surface area contributed by atoms with Crippen molar-refractivity contribution in [2.45, 2.75) is 6.54 Å². The maximum Gasteiger partial charge on any atom is 0.0655 e. The van der Waals surface area contributed by atoms with Gasteiger partial charge in [-0.05, 0) is 17.7 Å². The van der Waals surface area contributed by atoms with Gasteiger partial charge in [0, 0.05) is 12.2 Å². The highest BCUT2D eigenvalue weighted by Crippen LogP contribution is 2.15. The SMILES string of the molecule is [c]1ccc2c(c1)NCNC2. The highest BCUT2D eigenvalue weighted by atomic mass is 15.1. The highest BCUT2D eigenvalue weighted by Gasteiger charge is 2.03. The molecule has 0 saturated heterocycles. The Morgan fingerprint density at radius 3 is 3.40 bits per heavy atom. The molecule has 0 aliphatic carbocycles. The molecule has 0 bridgehead atoms. The molecule has 2 heteroatoms. The average molecular weight is 133 g/mol. The number of benzene rings is 1. The van der Waals surface area contributed by atoms with E-state index in [0.717, 1.165) is 13.2 Å². The lowest BCUT2D eigenvalue weighted by molar-refractivity contribution is 0.709. The molecule has 1 aromatic rings. The molecule has 1 radical (unpaired) electrons. The summed E-state index contributed by atoms with van der Waals surface area (Å²) in [5, 5.41) is 6.44. The molecule has 0 aromatic heterocycles. The van der Waals surface area contributed by atoms with Gasteiger partial charge in [0.2, 0.25) is 0 Å². The summed E-state index contributed by atoms with van der Waals surface area (Å²) in [5.74, 6) is 0. The molecule has 0 atom stereocenters. The van der Waals surface area contributed by atoms with Crippen LogP contribution in [0.4, 0.5) is 5.69 Å². The second kappa shape index (κ2) is 2.31. The second-order valence-corrected chi connectivity index (χ2v) is 2.36. The van der Waals surface area contributed by atoms with Crippen molar-refractivity contribution in [3.05, 3.63) is 29.8 Å². The van der Waals surface area contributed by atoms with E-state index in [9.17, 15) is 0 Å². The Morgan fingerprint density at radius 2 is 2.50 bits per heavy atom. The molecule has 2 nitrogen and oxygen atoms in total. The van der Waals surface area contributed by atoms with Gasteiger partial charge in [-0.15, -0.1) is 0 Å². The van der Waals surface area contributed by atoms with E-state index >= 15 is 0 Å². The van der Waals surface area contributed by atoms with Crippen molar-refractivity contribution in [1.29, 1.82) is 0 Å². The van der Waals surface area contributed by atoms with E-state index in [4.69, 9.17) is 0 Å². The van der Waals surface area contributed by atoms with Gasteiger partial charge >= 0.3 is 0 Å². The van der Waals surface area contributed by atoms with Crippen molar-refractivity contribution in [3.8, 4) is 0 Å². The first kappa shape index (κ1) is 5.74. The van der Waals surface area contributed by atoms with Gasteiger partial charge in [-0.2, -0.15) is 0 Å².